The van der Waals surface area contributed by atoms with Crippen LogP contribution in [0.15, 0.2) is 54.9 Å². The summed E-state index contributed by atoms with van der Waals surface area (Å²) < 4.78 is 6.23. The van der Waals surface area contributed by atoms with Crippen LogP contribution >= 0.6 is 0 Å². The lowest BCUT2D eigenvalue weighted by molar-refractivity contribution is 0.183. The number of hydrogen-bond acceptors (Lipinski definition) is 6. The van der Waals surface area contributed by atoms with E-state index in [2.05, 4.69) is 44.0 Å². The molecular weight excluding hydrogens is 426 g/mol. The van der Waals surface area contributed by atoms with E-state index < -0.39 is 0 Å². The Labute approximate surface area is 195 Å². The van der Waals surface area contributed by atoms with Gasteiger partial charge in [0.2, 0.25) is 0 Å². The Hall–Kier alpha value is -4.04. The number of fused-ring (bicyclic) bond motifs is 6. The van der Waals surface area contributed by atoms with E-state index in [0.29, 0.717) is 11.7 Å². The third-order valence-electron chi connectivity index (χ3n) is 6.73. The first-order valence-electron chi connectivity index (χ1n) is 11.5. The van der Waals surface area contributed by atoms with Gasteiger partial charge < -0.3 is 19.6 Å². The summed E-state index contributed by atoms with van der Waals surface area (Å²) in [6, 6.07) is 14.2. The Kier molecular flexibility index (Phi) is 4.13. The molecule has 0 saturated carbocycles. The van der Waals surface area contributed by atoms with Crippen LogP contribution in [-0.2, 0) is 0 Å². The molecule has 0 radical (unpaired) electrons. The van der Waals surface area contributed by atoms with Crippen molar-refractivity contribution < 1.29 is 4.74 Å². The first kappa shape index (κ1) is 19.4. The van der Waals surface area contributed by atoms with Gasteiger partial charge in [0.05, 0.1) is 5.52 Å². The molecule has 1 atom stereocenters. The van der Waals surface area contributed by atoms with Gasteiger partial charge in [-0.25, -0.2) is 19.9 Å². The highest BCUT2D eigenvalue weighted by atomic mass is 16.5. The molecule has 1 saturated heterocycles. The third-order valence-corrected chi connectivity index (χ3v) is 6.73. The highest BCUT2D eigenvalue weighted by Gasteiger charge is 2.27. The molecule has 8 heteroatoms. The van der Waals surface area contributed by atoms with Crippen molar-refractivity contribution in [2.24, 2.45) is 0 Å². The number of H-pyrrole nitrogens is 2. The van der Waals surface area contributed by atoms with Crippen molar-refractivity contribution >= 4 is 43.9 Å². The van der Waals surface area contributed by atoms with Gasteiger partial charge in [-0.15, -0.1) is 0 Å². The number of ether oxygens (including phenoxy) is 1. The average molecular weight is 450 g/mol. The summed E-state index contributed by atoms with van der Waals surface area (Å²) in [5.74, 6) is 2.71. The van der Waals surface area contributed by atoms with Gasteiger partial charge >= 0.3 is 0 Å². The number of likely N-dealkylation sites (tertiary alicyclic amines) is 1. The lowest BCUT2D eigenvalue weighted by Crippen LogP contribution is -2.42. The largest absolute Gasteiger partial charge is 0.483 e. The zero-order chi connectivity index (χ0) is 22.8. The van der Waals surface area contributed by atoms with Gasteiger partial charge in [0.1, 0.15) is 22.9 Å². The summed E-state index contributed by atoms with van der Waals surface area (Å²) in [4.78, 5) is 27.8. The van der Waals surface area contributed by atoms with Crippen LogP contribution in [0.3, 0.4) is 0 Å². The zero-order valence-corrected chi connectivity index (χ0v) is 18.9. The zero-order valence-electron chi connectivity index (χ0n) is 18.9. The van der Waals surface area contributed by atoms with Crippen LogP contribution in [0.5, 0.6) is 5.75 Å². The van der Waals surface area contributed by atoms with Gasteiger partial charge in [-0.2, -0.15) is 0 Å². The Morgan fingerprint density at radius 1 is 0.882 bits per heavy atom. The lowest BCUT2D eigenvalue weighted by Gasteiger charge is -2.34. The number of aromatic amines is 2. The average Bonchev–Trinajstić information content (AvgIpc) is 3.38. The summed E-state index contributed by atoms with van der Waals surface area (Å²) in [5, 5.41) is 4.25. The Bertz CT molecular complexity index is 1700. The maximum Gasteiger partial charge on any atom is 0.171 e. The van der Waals surface area contributed by atoms with Gasteiger partial charge in [-0.1, -0.05) is 18.2 Å². The summed E-state index contributed by atoms with van der Waals surface area (Å²) in [5.41, 5.74) is 3.72. The van der Waals surface area contributed by atoms with Crippen LogP contribution in [0.2, 0.25) is 0 Å². The van der Waals surface area contributed by atoms with Gasteiger partial charge in [0.25, 0.3) is 0 Å². The summed E-state index contributed by atoms with van der Waals surface area (Å²) in [6.45, 7) is 3.98. The van der Waals surface area contributed by atoms with E-state index in [4.69, 9.17) is 14.7 Å². The van der Waals surface area contributed by atoms with E-state index in [-0.39, 0.29) is 6.10 Å². The highest BCUT2D eigenvalue weighted by Crippen LogP contribution is 2.31. The second-order valence-electron chi connectivity index (χ2n) is 9.16. The molecule has 6 aromatic rings. The van der Waals surface area contributed by atoms with E-state index in [1.54, 1.807) is 0 Å². The van der Waals surface area contributed by atoms with Crippen molar-refractivity contribution in [3.63, 3.8) is 0 Å². The predicted molar refractivity (Wildman–Crippen MR) is 132 cm³/mol. The molecule has 2 N–H and O–H groups in total. The Balaban J connectivity index is 1.18. The van der Waals surface area contributed by atoms with Crippen LogP contribution in [-0.4, -0.2) is 54.9 Å². The maximum absolute atomic E-state index is 6.23. The topological polar surface area (TPSA) is 95.6 Å². The first-order chi connectivity index (χ1) is 16.6. The summed E-state index contributed by atoms with van der Waals surface area (Å²) in [7, 11) is 2.11. The Morgan fingerprint density at radius 3 is 2.47 bits per heavy atom. The van der Waals surface area contributed by atoms with Crippen molar-refractivity contribution in [2.75, 3.05) is 20.1 Å². The lowest BCUT2D eigenvalue weighted by atomic mass is 10.0. The van der Waals surface area contributed by atoms with Crippen LogP contribution in [0.25, 0.3) is 43.9 Å². The standard InChI is InChI=1S/C26H23N7O/c1-14(23-27-10-19-17-5-3-4-6-21(17)29-25(19)31-23)34-16-7-8-18-20-11-28-24(15-12-33(2)13-15)32-26(20)30-22(18)9-16/h3-11,14-15H,12-13H2,1-2H3,(H,27,29,31)(H,28,30,32). The number of nitrogens with zero attached hydrogens (tertiary/aromatic N) is 5. The van der Waals surface area contributed by atoms with Crippen LogP contribution in [0, 0.1) is 0 Å². The highest BCUT2D eigenvalue weighted by molar-refractivity contribution is 6.06. The SMILES string of the molecule is CC(Oc1ccc2c(c1)[nH]c1nc(C3CN(C)C3)ncc12)c1ncc2c(n1)[nH]c1ccccc12. The second kappa shape index (κ2) is 7.23. The predicted octanol–water partition coefficient (Wildman–Crippen LogP) is 4.70. The number of benzene rings is 2. The van der Waals surface area contributed by atoms with Crippen molar-refractivity contribution in [1.82, 2.24) is 34.8 Å². The molecule has 2 aromatic carbocycles. The van der Waals surface area contributed by atoms with E-state index in [1.807, 2.05) is 49.6 Å². The Morgan fingerprint density at radius 2 is 1.62 bits per heavy atom. The molecule has 168 valence electrons. The fourth-order valence-corrected chi connectivity index (χ4v) is 4.90. The fourth-order valence-electron chi connectivity index (χ4n) is 4.90. The third kappa shape index (κ3) is 3.03. The van der Waals surface area contributed by atoms with E-state index >= 15 is 0 Å². The number of aromatic nitrogens is 6. The van der Waals surface area contributed by atoms with Crippen molar-refractivity contribution in [3.05, 3.63) is 66.5 Å². The molecule has 1 fully saturated rings. The number of rotatable bonds is 4. The van der Waals surface area contributed by atoms with E-state index in [0.717, 1.165) is 68.5 Å². The van der Waals surface area contributed by atoms with Gasteiger partial charge in [-0.3, -0.25) is 0 Å². The fraction of sp³-hybridized carbons (Fsp3) is 0.231. The molecular formula is C26H23N7O. The first-order valence-corrected chi connectivity index (χ1v) is 11.5. The maximum atomic E-state index is 6.23. The van der Waals surface area contributed by atoms with Crippen LogP contribution < -0.4 is 4.74 Å². The molecule has 8 nitrogen and oxygen atoms in total. The molecule has 5 heterocycles. The van der Waals surface area contributed by atoms with Crippen molar-refractivity contribution in [1.29, 1.82) is 0 Å². The molecule has 0 amide bonds. The smallest absolute Gasteiger partial charge is 0.171 e. The number of nitrogens with one attached hydrogen (secondary N) is 2. The number of hydrogen-bond donors (Lipinski definition) is 2. The second-order valence-corrected chi connectivity index (χ2v) is 9.16. The summed E-state index contributed by atoms with van der Waals surface area (Å²) >= 11 is 0. The quantitative estimate of drug-likeness (QED) is 0.405. The van der Waals surface area contributed by atoms with Crippen LogP contribution in [0.4, 0.5) is 0 Å². The van der Waals surface area contributed by atoms with E-state index in [1.165, 1.54) is 0 Å². The minimum Gasteiger partial charge on any atom is -0.483 e. The van der Waals surface area contributed by atoms with Gasteiger partial charge in [-0.05, 0) is 32.2 Å². The van der Waals surface area contributed by atoms with Crippen molar-refractivity contribution in [2.45, 2.75) is 18.9 Å². The molecule has 1 aliphatic rings. The monoisotopic (exact) mass is 449 g/mol. The minimum absolute atomic E-state index is 0.306. The molecule has 0 spiro atoms. The van der Waals surface area contributed by atoms with Crippen molar-refractivity contribution in [3.8, 4) is 5.75 Å². The molecule has 1 unspecified atom stereocenters. The van der Waals surface area contributed by atoms with E-state index in [9.17, 15) is 0 Å². The molecule has 7 rings (SSSR count). The number of para-hydroxylation sites is 1. The van der Waals surface area contributed by atoms with Crippen LogP contribution in [0.1, 0.15) is 30.6 Å². The summed E-state index contributed by atoms with van der Waals surface area (Å²) in [6.07, 6.45) is 3.49. The molecule has 4 aromatic heterocycles. The van der Waals surface area contributed by atoms with Gasteiger partial charge in [0.15, 0.2) is 11.9 Å². The number of likely N-dealkylation sites (N-methyl/N-ethyl adjacent to an activating group) is 1. The molecule has 0 bridgehead atoms. The van der Waals surface area contributed by atoms with Gasteiger partial charge in [0, 0.05) is 64.5 Å². The normalized spacial score (nSPS) is 15.9. The minimum atomic E-state index is -0.306. The molecule has 34 heavy (non-hydrogen) atoms. The molecule has 0 aliphatic carbocycles. The molecule has 1 aliphatic heterocycles.